The van der Waals surface area contributed by atoms with Crippen molar-refractivity contribution in [1.29, 1.82) is 0 Å². The minimum Gasteiger partial charge on any atom is -0.495 e. The highest BCUT2D eigenvalue weighted by atomic mass is 35.5. The predicted molar refractivity (Wildman–Crippen MR) is 83.7 cm³/mol. The molecule has 0 unspecified atom stereocenters. The Labute approximate surface area is 127 Å². The maximum Gasteiger partial charge on any atom is 0.144 e. The van der Waals surface area contributed by atoms with Crippen molar-refractivity contribution in [1.82, 2.24) is 0 Å². The molecular weight excluding hydrogens is 299 g/mol. The monoisotopic (exact) mass is 312 g/mol. The van der Waals surface area contributed by atoms with E-state index in [0.29, 0.717) is 32.9 Å². The number of benzene rings is 2. The highest BCUT2D eigenvalue weighted by Crippen LogP contribution is 2.38. The van der Waals surface area contributed by atoms with Crippen molar-refractivity contribution in [2.45, 2.75) is 0 Å². The largest absolute Gasteiger partial charge is 0.495 e. The van der Waals surface area contributed by atoms with Crippen LogP contribution in [-0.4, -0.2) is 14.2 Å². The molecule has 0 spiro atoms. The van der Waals surface area contributed by atoms with Gasteiger partial charge in [-0.1, -0.05) is 23.2 Å². The van der Waals surface area contributed by atoms with Crippen LogP contribution in [0.1, 0.15) is 0 Å². The maximum atomic E-state index is 6.06. The van der Waals surface area contributed by atoms with Crippen LogP contribution in [0.25, 0.3) is 0 Å². The number of rotatable bonds is 4. The Kier molecular flexibility index (Phi) is 4.47. The number of hydrogen-bond donors (Lipinski definition) is 2. The van der Waals surface area contributed by atoms with Crippen LogP contribution in [0.3, 0.4) is 0 Å². The number of anilines is 3. The molecule has 2 aromatic carbocycles. The number of methoxy groups -OCH3 is 2. The first-order valence-electron chi connectivity index (χ1n) is 5.78. The summed E-state index contributed by atoms with van der Waals surface area (Å²) in [6.07, 6.45) is 0. The van der Waals surface area contributed by atoms with Crippen LogP contribution in [0.15, 0.2) is 30.3 Å². The van der Waals surface area contributed by atoms with Gasteiger partial charge in [-0.05, 0) is 18.2 Å². The molecule has 2 rings (SSSR count). The number of ether oxygens (including phenoxy) is 2. The second kappa shape index (κ2) is 6.11. The van der Waals surface area contributed by atoms with E-state index in [9.17, 15) is 0 Å². The van der Waals surface area contributed by atoms with Crippen LogP contribution < -0.4 is 20.5 Å². The number of nitrogen functional groups attached to an aromatic ring is 1. The van der Waals surface area contributed by atoms with Gasteiger partial charge in [-0.25, -0.2) is 0 Å². The van der Waals surface area contributed by atoms with Gasteiger partial charge in [-0.3, -0.25) is 0 Å². The van der Waals surface area contributed by atoms with Gasteiger partial charge in [0, 0.05) is 17.2 Å². The SMILES string of the molecule is COc1cc(Nc2ccc(Cl)cc2N)c(OC)cc1Cl. The molecule has 0 fully saturated rings. The molecule has 0 amide bonds. The van der Waals surface area contributed by atoms with Gasteiger partial charge in [0.15, 0.2) is 0 Å². The van der Waals surface area contributed by atoms with E-state index in [4.69, 9.17) is 38.4 Å². The first kappa shape index (κ1) is 14.6. The van der Waals surface area contributed by atoms with Gasteiger partial charge in [0.2, 0.25) is 0 Å². The third-order valence-corrected chi connectivity index (χ3v) is 3.29. The second-order valence-corrected chi connectivity index (χ2v) is 4.89. The zero-order valence-electron chi connectivity index (χ0n) is 11.0. The smallest absolute Gasteiger partial charge is 0.144 e. The van der Waals surface area contributed by atoms with Crippen molar-refractivity contribution in [3.05, 3.63) is 40.4 Å². The fourth-order valence-corrected chi connectivity index (χ4v) is 2.16. The summed E-state index contributed by atoms with van der Waals surface area (Å²) in [7, 11) is 3.11. The Bertz CT molecular complexity index is 633. The molecule has 0 saturated carbocycles. The molecule has 0 aliphatic rings. The molecule has 6 heteroatoms. The van der Waals surface area contributed by atoms with E-state index in [1.807, 2.05) is 0 Å². The number of halogens is 2. The van der Waals surface area contributed by atoms with Crippen molar-refractivity contribution in [2.24, 2.45) is 0 Å². The van der Waals surface area contributed by atoms with Gasteiger partial charge >= 0.3 is 0 Å². The van der Waals surface area contributed by atoms with Crippen molar-refractivity contribution in [3.63, 3.8) is 0 Å². The number of hydrogen-bond acceptors (Lipinski definition) is 4. The van der Waals surface area contributed by atoms with Crippen LogP contribution >= 0.6 is 23.2 Å². The minimum absolute atomic E-state index is 0.471. The van der Waals surface area contributed by atoms with E-state index >= 15 is 0 Å². The second-order valence-electron chi connectivity index (χ2n) is 4.04. The summed E-state index contributed by atoms with van der Waals surface area (Å²) in [5, 5.41) is 4.22. The van der Waals surface area contributed by atoms with E-state index in [1.165, 1.54) is 0 Å². The summed E-state index contributed by atoms with van der Waals surface area (Å²) < 4.78 is 10.5. The number of nitrogens with one attached hydrogen (secondary N) is 1. The lowest BCUT2D eigenvalue weighted by molar-refractivity contribution is 0.405. The van der Waals surface area contributed by atoms with E-state index in [1.54, 1.807) is 44.6 Å². The van der Waals surface area contributed by atoms with Crippen molar-refractivity contribution in [3.8, 4) is 11.5 Å². The van der Waals surface area contributed by atoms with Crippen LogP contribution in [-0.2, 0) is 0 Å². The molecule has 2 aromatic rings. The molecule has 106 valence electrons. The molecule has 0 heterocycles. The van der Waals surface area contributed by atoms with Gasteiger partial charge in [0.25, 0.3) is 0 Å². The van der Waals surface area contributed by atoms with Crippen LogP contribution in [0, 0.1) is 0 Å². The fraction of sp³-hybridized carbons (Fsp3) is 0.143. The van der Waals surface area contributed by atoms with Crippen LogP contribution in [0.4, 0.5) is 17.1 Å². The van der Waals surface area contributed by atoms with Gasteiger partial charge in [-0.15, -0.1) is 0 Å². The lowest BCUT2D eigenvalue weighted by Crippen LogP contribution is -1.99. The summed E-state index contributed by atoms with van der Waals surface area (Å²) in [6, 6.07) is 8.63. The minimum atomic E-state index is 0.471. The van der Waals surface area contributed by atoms with E-state index < -0.39 is 0 Å². The maximum absolute atomic E-state index is 6.06. The highest BCUT2D eigenvalue weighted by molar-refractivity contribution is 6.32. The van der Waals surface area contributed by atoms with Gasteiger partial charge in [-0.2, -0.15) is 0 Å². The van der Waals surface area contributed by atoms with Gasteiger partial charge in [0.1, 0.15) is 11.5 Å². The fourth-order valence-electron chi connectivity index (χ4n) is 1.75. The number of nitrogens with two attached hydrogens (primary N) is 1. The van der Waals surface area contributed by atoms with Crippen LogP contribution in [0.5, 0.6) is 11.5 Å². The first-order valence-corrected chi connectivity index (χ1v) is 6.54. The molecule has 0 aliphatic carbocycles. The van der Waals surface area contributed by atoms with Crippen molar-refractivity contribution in [2.75, 3.05) is 25.3 Å². The zero-order chi connectivity index (χ0) is 14.7. The third kappa shape index (κ3) is 3.03. The Morgan fingerprint density at radius 2 is 1.65 bits per heavy atom. The Morgan fingerprint density at radius 3 is 2.25 bits per heavy atom. The molecule has 20 heavy (non-hydrogen) atoms. The van der Waals surface area contributed by atoms with Crippen molar-refractivity contribution >= 4 is 40.3 Å². The molecule has 0 aromatic heterocycles. The van der Waals surface area contributed by atoms with Gasteiger partial charge in [0.05, 0.1) is 36.3 Å². The first-order chi connectivity index (χ1) is 9.55. The van der Waals surface area contributed by atoms with E-state index in [0.717, 1.165) is 5.69 Å². The third-order valence-electron chi connectivity index (χ3n) is 2.76. The Hall–Kier alpha value is -1.78. The summed E-state index contributed by atoms with van der Waals surface area (Å²) in [6.45, 7) is 0. The topological polar surface area (TPSA) is 56.5 Å². The summed E-state index contributed by atoms with van der Waals surface area (Å²) >= 11 is 11.9. The molecule has 0 aliphatic heterocycles. The average molecular weight is 313 g/mol. The van der Waals surface area contributed by atoms with E-state index in [-0.39, 0.29) is 0 Å². The molecule has 0 bridgehead atoms. The molecule has 4 nitrogen and oxygen atoms in total. The summed E-state index contributed by atoms with van der Waals surface area (Å²) in [4.78, 5) is 0. The molecule has 0 atom stereocenters. The molecular formula is C14H14Cl2N2O2. The predicted octanol–water partition coefficient (Wildman–Crippen LogP) is 4.34. The van der Waals surface area contributed by atoms with Crippen molar-refractivity contribution < 1.29 is 9.47 Å². The molecule has 0 radical (unpaired) electrons. The van der Waals surface area contributed by atoms with Gasteiger partial charge < -0.3 is 20.5 Å². The summed E-state index contributed by atoms with van der Waals surface area (Å²) in [5.74, 6) is 1.13. The highest BCUT2D eigenvalue weighted by Gasteiger charge is 2.11. The normalized spacial score (nSPS) is 10.2. The average Bonchev–Trinajstić information content (AvgIpc) is 2.43. The van der Waals surface area contributed by atoms with Crippen LogP contribution in [0.2, 0.25) is 10.0 Å². The zero-order valence-corrected chi connectivity index (χ0v) is 12.5. The Balaban J connectivity index is 2.41. The standard InChI is InChI=1S/C14H14Cl2N2O2/c1-19-13-7-12(14(20-2)6-9(13)16)18-11-4-3-8(15)5-10(11)17/h3-7,18H,17H2,1-2H3. The lowest BCUT2D eigenvalue weighted by Gasteiger charge is -2.15. The summed E-state index contributed by atoms with van der Waals surface area (Å²) in [5.41, 5.74) is 7.87. The molecule has 0 saturated heterocycles. The Morgan fingerprint density at radius 1 is 0.950 bits per heavy atom. The molecule has 3 N–H and O–H groups in total. The van der Waals surface area contributed by atoms with E-state index in [2.05, 4.69) is 5.32 Å². The quantitative estimate of drug-likeness (QED) is 0.825. The lowest BCUT2D eigenvalue weighted by atomic mass is 10.2.